The fourth-order valence-electron chi connectivity index (χ4n) is 2.81. The van der Waals surface area contributed by atoms with Crippen LogP contribution in [0.15, 0.2) is 67.0 Å². The highest BCUT2D eigenvalue weighted by Gasteiger charge is 2.19. The number of thiocarbonyl (C=S) groups is 1. The van der Waals surface area contributed by atoms with Crippen molar-refractivity contribution in [3.05, 3.63) is 94.3 Å². The van der Waals surface area contributed by atoms with Gasteiger partial charge in [0.1, 0.15) is 0 Å². The summed E-state index contributed by atoms with van der Waals surface area (Å²) in [7, 11) is 0. The zero-order chi connectivity index (χ0) is 20.3. The third-order valence-electron chi connectivity index (χ3n) is 4.51. The number of benzene rings is 2. The maximum Gasteiger partial charge on any atom is 0.238 e. The predicted molar refractivity (Wildman–Crippen MR) is 118 cm³/mol. The lowest BCUT2D eigenvalue weighted by molar-refractivity contribution is -0.578. The largest absolute Gasteiger partial charge is 0.867 e. The molecule has 5 heteroatoms. The topological polar surface area (TPSA) is 39.0 Å². The summed E-state index contributed by atoms with van der Waals surface area (Å²) < 4.78 is 1.78. The molecule has 0 atom stereocenters. The van der Waals surface area contributed by atoms with Crippen molar-refractivity contribution in [3.63, 3.8) is 0 Å². The molecule has 3 nitrogen and oxygen atoms in total. The van der Waals surface area contributed by atoms with Crippen molar-refractivity contribution in [2.75, 3.05) is 5.32 Å². The average molecular weight is 409 g/mol. The molecule has 142 valence electrons. The van der Waals surface area contributed by atoms with Crippen LogP contribution in [0.2, 0.25) is 5.02 Å². The molecule has 0 fully saturated rings. The van der Waals surface area contributed by atoms with Gasteiger partial charge in [-0.15, -0.1) is 0 Å². The van der Waals surface area contributed by atoms with Crippen molar-refractivity contribution >= 4 is 46.0 Å². The lowest BCUT2D eigenvalue weighted by Gasteiger charge is -2.18. The zero-order valence-corrected chi connectivity index (χ0v) is 17.6. The van der Waals surface area contributed by atoms with E-state index in [9.17, 15) is 5.11 Å². The normalized spacial score (nSPS) is 11.7. The Balaban J connectivity index is 2.09. The third kappa shape index (κ3) is 4.58. The van der Waals surface area contributed by atoms with Crippen LogP contribution in [0, 0.1) is 20.8 Å². The first-order valence-corrected chi connectivity index (χ1v) is 9.68. The van der Waals surface area contributed by atoms with Crippen molar-refractivity contribution in [2.45, 2.75) is 20.8 Å². The van der Waals surface area contributed by atoms with Gasteiger partial charge in [-0.2, -0.15) is 4.57 Å². The SMILES string of the molecule is Cc1ccc[n+](C(C(=S)Nc2ccc(Cl)cc2)=C([O-])c2ccc(C)c(C)c2)c1. The molecule has 0 unspecified atom stereocenters. The lowest BCUT2D eigenvalue weighted by atomic mass is 10.0. The van der Waals surface area contributed by atoms with Gasteiger partial charge in [0.2, 0.25) is 5.70 Å². The Morgan fingerprint density at radius 3 is 2.36 bits per heavy atom. The summed E-state index contributed by atoms with van der Waals surface area (Å²) in [5.41, 5.74) is 5.01. The number of pyridine rings is 1. The minimum Gasteiger partial charge on any atom is -0.867 e. The molecule has 28 heavy (non-hydrogen) atoms. The molecule has 3 aromatic rings. The first kappa shape index (κ1) is 20.1. The molecule has 0 aliphatic carbocycles. The minimum absolute atomic E-state index is 0.134. The molecule has 0 aliphatic rings. The summed E-state index contributed by atoms with van der Waals surface area (Å²) in [6, 6.07) is 16.8. The molecule has 0 saturated carbocycles. The van der Waals surface area contributed by atoms with Gasteiger partial charge in [-0.3, -0.25) is 0 Å². The molecule has 0 saturated heterocycles. The molecule has 1 N–H and O–H groups in total. The van der Waals surface area contributed by atoms with Gasteiger partial charge in [0.15, 0.2) is 17.4 Å². The van der Waals surface area contributed by atoms with Crippen molar-refractivity contribution in [1.29, 1.82) is 0 Å². The van der Waals surface area contributed by atoms with Gasteiger partial charge in [-0.25, -0.2) is 0 Å². The van der Waals surface area contributed by atoms with Gasteiger partial charge in [-0.1, -0.05) is 42.0 Å². The second-order valence-electron chi connectivity index (χ2n) is 6.73. The molecular weight excluding hydrogens is 388 g/mol. The van der Waals surface area contributed by atoms with E-state index >= 15 is 0 Å². The highest BCUT2D eigenvalue weighted by Crippen LogP contribution is 2.20. The van der Waals surface area contributed by atoms with Crippen LogP contribution in [-0.4, -0.2) is 4.99 Å². The summed E-state index contributed by atoms with van der Waals surface area (Å²) in [6.07, 6.45) is 3.72. The van der Waals surface area contributed by atoms with Crippen LogP contribution in [0.25, 0.3) is 11.5 Å². The van der Waals surface area contributed by atoms with E-state index in [0.29, 0.717) is 21.3 Å². The maximum absolute atomic E-state index is 13.4. The summed E-state index contributed by atoms with van der Waals surface area (Å²) >= 11 is 11.6. The maximum atomic E-state index is 13.4. The number of aromatic nitrogens is 1. The number of anilines is 1. The number of halogens is 1. The quantitative estimate of drug-likeness (QED) is 0.295. The predicted octanol–water partition coefficient (Wildman–Crippen LogP) is 4.68. The Hall–Kier alpha value is -2.69. The Morgan fingerprint density at radius 2 is 1.71 bits per heavy atom. The van der Waals surface area contributed by atoms with Crippen LogP contribution in [-0.2, 0) is 0 Å². The zero-order valence-electron chi connectivity index (χ0n) is 16.0. The van der Waals surface area contributed by atoms with Gasteiger partial charge in [0, 0.05) is 22.3 Å². The number of nitrogens with one attached hydrogen (secondary N) is 1. The molecule has 0 bridgehead atoms. The summed E-state index contributed by atoms with van der Waals surface area (Å²) in [6.45, 7) is 6.00. The van der Waals surface area contributed by atoms with Crippen molar-refractivity contribution < 1.29 is 9.67 Å². The third-order valence-corrected chi connectivity index (χ3v) is 5.06. The monoisotopic (exact) mass is 408 g/mol. The Labute approximate surface area is 175 Å². The molecule has 2 aromatic carbocycles. The Kier molecular flexibility index (Phi) is 6.12. The van der Waals surface area contributed by atoms with E-state index in [1.54, 1.807) is 16.7 Å². The van der Waals surface area contributed by atoms with Crippen LogP contribution >= 0.6 is 23.8 Å². The van der Waals surface area contributed by atoms with Crippen LogP contribution < -0.4 is 15.0 Å². The van der Waals surface area contributed by atoms with E-state index < -0.39 is 0 Å². The molecule has 3 rings (SSSR count). The smallest absolute Gasteiger partial charge is 0.238 e. The molecule has 0 amide bonds. The van der Waals surface area contributed by atoms with E-state index in [-0.39, 0.29) is 5.76 Å². The van der Waals surface area contributed by atoms with Crippen LogP contribution in [0.3, 0.4) is 0 Å². The molecule has 1 aromatic heterocycles. The summed E-state index contributed by atoms with van der Waals surface area (Å²) in [5.74, 6) is -0.134. The first-order chi connectivity index (χ1) is 13.3. The number of rotatable bonds is 4. The highest BCUT2D eigenvalue weighted by molar-refractivity contribution is 7.81. The van der Waals surface area contributed by atoms with E-state index in [0.717, 1.165) is 22.4 Å². The lowest BCUT2D eigenvalue weighted by Crippen LogP contribution is -2.40. The van der Waals surface area contributed by atoms with E-state index in [1.165, 1.54) is 0 Å². The van der Waals surface area contributed by atoms with Crippen molar-refractivity contribution in [3.8, 4) is 0 Å². The Bertz CT molecular complexity index is 1060. The summed E-state index contributed by atoms with van der Waals surface area (Å²) in [4.78, 5) is 0.348. The van der Waals surface area contributed by atoms with Gasteiger partial charge in [0.05, 0.1) is 0 Å². The van der Waals surface area contributed by atoms with Gasteiger partial charge < -0.3 is 10.4 Å². The van der Waals surface area contributed by atoms with Gasteiger partial charge in [-0.05, 0) is 73.6 Å². The molecule has 0 aliphatic heterocycles. The van der Waals surface area contributed by atoms with Crippen molar-refractivity contribution in [2.24, 2.45) is 0 Å². The van der Waals surface area contributed by atoms with E-state index in [2.05, 4.69) is 5.32 Å². The molecular formula is C23H21ClN2OS. The number of aryl methyl sites for hydroxylation is 3. The van der Waals surface area contributed by atoms with Gasteiger partial charge >= 0.3 is 0 Å². The van der Waals surface area contributed by atoms with Crippen LogP contribution in [0.4, 0.5) is 5.69 Å². The van der Waals surface area contributed by atoms with Crippen LogP contribution in [0.1, 0.15) is 22.3 Å². The van der Waals surface area contributed by atoms with Crippen LogP contribution in [0.5, 0.6) is 0 Å². The Morgan fingerprint density at radius 1 is 1.00 bits per heavy atom. The average Bonchev–Trinajstić information content (AvgIpc) is 2.66. The fraction of sp³-hybridized carbons (Fsp3) is 0.130. The van der Waals surface area contributed by atoms with Gasteiger partial charge in [0.25, 0.3) is 0 Å². The second-order valence-corrected chi connectivity index (χ2v) is 7.57. The van der Waals surface area contributed by atoms with E-state index in [4.69, 9.17) is 23.8 Å². The first-order valence-electron chi connectivity index (χ1n) is 8.89. The number of hydrogen-bond acceptors (Lipinski definition) is 2. The molecule has 0 radical (unpaired) electrons. The minimum atomic E-state index is -0.134. The molecule has 1 heterocycles. The van der Waals surface area contributed by atoms with E-state index in [1.807, 2.05) is 75.6 Å². The number of nitrogens with zero attached hydrogens (tertiary/aromatic N) is 1. The fourth-order valence-corrected chi connectivity index (χ4v) is 3.25. The molecule has 0 spiro atoms. The second kappa shape index (κ2) is 8.55. The standard InChI is InChI=1S/C23H21ClN2OS/c1-15-5-4-12-26(14-15)21(22(27)18-7-6-16(2)17(3)13-18)23(28)25-20-10-8-19(24)9-11-20/h4-14H,1-3H3,(H-,25,27,28). The highest BCUT2D eigenvalue weighted by atomic mass is 35.5. The van der Waals surface area contributed by atoms with Crippen molar-refractivity contribution in [1.82, 2.24) is 0 Å². The summed E-state index contributed by atoms with van der Waals surface area (Å²) in [5, 5.41) is 17.2. The number of hydrogen-bond donors (Lipinski definition) is 1.